The number of hydrogen-bond donors (Lipinski definition) is 2. The average molecular weight is 296 g/mol. The number of aliphatic hydroxyl groups excluding tert-OH is 1. The standard InChI is InChI=1S/C16H28N2O3/c1-11-6-4-5-7-15(11)20-10-14(19)9-17-13(3)16-18-8-12(2)21-16/h8,11,13-15,17,19H,4-7,9-10H2,1-3H3. The predicted molar refractivity (Wildman–Crippen MR) is 81.0 cm³/mol. The fourth-order valence-corrected chi connectivity index (χ4v) is 2.80. The van der Waals surface area contributed by atoms with Gasteiger partial charge in [-0.2, -0.15) is 0 Å². The summed E-state index contributed by atoms with van der Waals surface area (Å²) in [5, 5.41) is 13.3. The van der Waals surface area contributed by atoms with Gasteiger partial charge in [-0.1, -0.05) is 19.8 Å². The van der Waals surface area contributed by atoms with Gasteiger partial charge in [0.2, 0.25) is 5.89 Å². The third-order valence-electron chi connectivity index (χ3n) is 4.20. The maximum absolute atomic E-state index is 10.0. The first kappa shape index (κ1) is 16.5. The van der Waals surface area contributed by atoms with Gasteiger partial charge >= 0.3 is 0 Å². The molecule has 1 aromatic heterocycles. The SMILES string of the molecule is Cc1cnc(C(C)NCC(O)COC2CCCCC2C)o1. The summed E-state index contributed by atoms with van der Waals surface area (Å²) in [5.74, 6) is 2.06. The quantitative estimate of drug-likeness (QED) is 0.809. The van der Waals surface area contributed by atoms with E-state index >= 15 is 0 Å². The number of aryl methyl sites for hydroxylation is 1. The molecule has 4 atom stereocenters. The Morgan fingerprint density at radius 1 is 1.48 bits per heavy atom. The van der Waals surface area contributed by atoms with E-state index in [1.807, 2.05) is 13.8 Å². The Morgan fingerprint density at radius 3 is 2.90 bits per heavy atom. The van der Waals surface area contributed by atoms with Gasteiger partial charge in [0.1, 0.15) is 5.76 Å². The Hall–Kier alpha value is -0.910. The minimum atomic E-state index is -0.502. The van der Waals surface area contributed by atoms with Crippen molar-refractivity contribution in [1.82, 2.24) is 10.3 Å². The zero-order chi connectivity index (χ0) is 15.2. The van der Waals surface area contributed by atoms with E-state index in [4.69, 9.17) is 9.15 Å². The highest BCUT2D eigenvalue weighted by Crippen LogP contribution is 2.26. The Balaban J connectivity index is 1.66. The normalized spacial score (nSPS) is 25.7. The first-order chi connectivity index (χ1) is 10.1. The van der Waals surface area contributed by atoms with E-state index in [0.29, 0.717) is 31.1 Å². The number of nitrogens with one attached hydrogen (secondary N) is 1. The van der Waals surface area contributed by atoms with E-state index < -0.39 is 6.10 Å². The molecule has 0 aromatic carbocycles. The summed E-state index contributed by atoms with van der Waals surface area (Å²) in [6, 6.07) is -0.0121. The molecule has 2 N–H and O–H groups in total. The van der Waals surface area contributed by atoms with Gasteiger partial charge in [0.25, 0.3) is 0 Å². The summed E-state index contributed by atoms with van der Waals surface area (Å²) < 4.78 is 11.3. The van der Waals surface area contributed by atoms with Crippen molar-refractivity contribution >= 4 is 0 Å². The zero-order valence-electron chi connectivity index (χ0n) is 13.3. The molecule has 1 fully saturated rings. The van der Waals surface area contributed by atoms with Crippen molar-refractivity contribution in [2.75, 3.05) is 13.2 Å². The van der Waals surface area contributed by atoms with Crippen LogP contribution in [0.25, 0.3) is 0 Å². The third kappa shape index (κ3) is 5.09. The molecule has 4 unspecified atom stereocenters. The molecule has 21 heavy (non-hydrogen) atoms. The van der Waals surface area contributed by atoms with Crippen LogP contribution in [-0.2, 0) is 4.74 Å². The van der Waals surface area contributed by atoms with Crippen LogP contribution in [-0.4, -0.2) is 35.5 Å². The van der Waals surface area contributed by atoms with E-state index in [-0.39, 0.29) is 6.04 Å². The molecule has 0 saturated heterocycles. The van der Waals surface area contributed by atoms with E-state index in [1.54, 1.807) is 6.20 Å². The molecule has 1 aromatic rings. The molecule has 0 amide bonds. The monoisotopic (exact) mass is 296 g/mol. The van der Waals surface area contributed by atoms with Crippen molar-refractivity contribution < 1.29 is 14.3 Å². The van der Waals surface area contributed by atoms with Crippen molar-refractivity contribution in [3.05, 3.63) is 17.8 Å². The van der Waals surface area contributed by atoms with Gasteiger partial charge < -0.3 is 19.6 Å². The number of aliphatic hydroxyl groups is 1. The lowest BCUT2D eigenvalue weighted by Crippen LogP contribution is -2.35. The van der Waals surface area contributed by atoms with Crippen LogP contribution in [0.4, 0.5) is 0 Å². The predicted octanol–water partition coefficient (Wildman–Crippen LogP) is 2.59. The topological polar surface area (TPSA) is 67.5 Å². The molecule has 2 rings (SSSR count). The molecule has 1 aliphatic carbocycles. The molecule has 0 radical (unpaired) electrons. The van der Waals surface area contributed by atoms with Crippen molar-refractivity contribution in [1.29, 1.82) is 0 Å². The van der Waals surface area contributed by atoms with Crippen LogP contribution in [0.1, 0.15) is 57.2 Å². The molecule has 1 saturated carbocycles. The third-order valence-corrected chi connectivity index (χ3v) is 4.20. The highest BCUT2D eigenvalue weighted by atomic mass is 16.5. The second kappa shape index (κ2) is 7.92. The number of ether oxygens (including phenoxy) is 1. The second-order valence-electron chi connectivity index (χ2n) is 6.23. The summed E-state index contributed by atoms with van der Waals surface area (Å²) in [7, 11) is 0. The lowest BCUT2D eigenvalue weighted by atomic mass is 9.88. The number of aromatic nitrogens is 1. The Morgan fingerprint density at radius 2 is 2.24 bits per heavy atom. The van der Waals surface area contributed by atoms with Gasteiger partial charge in [0.15, 0.2) is 0 Å². The Bertz CT molecular complexity index is 421. The second-order valence-corrected chi connectivity index (χ2v) is 6.23. The summed E-state index contributed by atoms with van der Waals surface area (Å²) in [6.45, 7) is 6.95. The molecule has 0 spiro atoms. The summed E-state index contributed by atoms with van der Waals surface area (Å²) in [5.41, 5.74) is 0. The molecule has 0 bridgehead atoms. The summed E-state index contributed by atoms with van der Waals surface area (Å²) >= 11 is 0. The largest absolute Gasteiger partial charge is 0.444 e. The van der Waals surface area contributed by atoms with E-state index in [0.717, 1.165) is 12.2 Å². The van der Waals surface area contributed by atoms with E-state index in [2.05, 4.69) is 17.2 Å². The smallest absolute Gasteiger partial charge is 0.211 e. The van der Waals surface area contributed by atoms with Crippen molar-refractivity contribution in [2.24, 2.45) is 5.92 Å². The van der Waals surface area contributed by atoms with Gasteiger partial charge in [-0.05, 0) is 32.6 Å². The molecule has 5 heteroatoms. The van der Waals surface area contributed by atoms with Crippen LogP contribution >= 0.6 is 0 Å². The molecule has 1 heterocycles. The number of oxazole rings is 1. The number of rotatable bonds is 7. The fraction of sp³-hybridized carbons (Fsp3) is 0.812. The van der Waals surface area contributed by atoms with Crippen molar-refractivity contribution in [3.63, 3.8) is 0 Å². The molecular weight excluding hydrogens is 268 g/mol. The van der Waals surface area contributed by atoms with Gasteiger partial charge in [-0.3, -0.25) is 0 Å². The maximum atomic E-state index is 10.0. The Kier molecular flexibility index (Phi) is 6.21. The summed E-state index contributed by atoms with van der Waals surface area (Å²) in [4.78, 5) is 4.18. The van der Waals surface area contributed by atoms with E-state index in [1.165, 1.54) is 19.3 Å². The van der Waals surface area contributed by atoms with Crippen LogP contribution in [0.2, 0.25) is 0 Å². The highest BCUT2D eigenvalue weighted by Gasteiger charge is 2.22. The maximum Gasteiger partial charge on any atom is 0.211 e. The van der Waals surface area contributed by atoms with Gasteiger partial charge in [-0.25, -0.2) is 4.98 Å². The first-order valence-electron chi connectivity index (χ1n) is 8.01. The molecule has 0 aliphatic heterocycles. The van der Waals surface area contributed by atoms with Crippen LogP contribution in [0.5, 0.6) is 0 Å². The molecule has 120 valence electrons. The lowest BCUT2D eigenvalue weighted by Gasteiger charge is -2.29. The fourth-order valence-electron chi connectivity index (χ4n) is 2.80. The van der Waals surface area contributed by atoms with Gasteiger partial charge in [-0.15, -0.1) is 0 Å². The van der Waals surface area contributed by atoms with Crippen LogP contribution in [0.15, 0.2) is 10.6 Å². The zero-order valence-corrected chi connectivity index (χ0v) is 13.3. The summed E-state index contributed by atoms with van der Waals surface area (Å²) in [6.07, 6.45) is 6.41. The first-order valence-corrected chi connectivity index (χ1v) is 8.01. The Labute approximate surface area is 127 Å². The van der Waals surface area contributed by atoms with Crippen molar-refractivity contribution in [3.8, 4) is 0 Å². The number of nitrogens with zero attached hydrogens (tertiary/aromatic N) is 1. The van der Waals surface area contributed by atoms with Gasteiger partial charge in [0, 0.05) is 6.54 Å². The van der Waals surface area contributed by atoms with Gasteiger partial charge in [0.05, 0.1) is 31.1 Å². The molecule has 5 nitrogen and oxygen atoms in total. The van der Waals surface area contributed by atoms with Crippen LogP contribution in [0, 0.1) is 12.8 Å². The average Bonchev–Trinajstić information content (AvgIpc) is 2.90. The molecular formula is C16H28N2O3. The number of hydrogen-bond acceptors (Lipinski definition) is 5. The molecule has 1 aliphatic rings. The van der Waals surface area contributed by atoms with Crippen LogP contribution < -0.4 is 5.32 Å². The minimum Gasteiger partial charge on any atom is -0.444 e. The lowest BCUT2D eigenvalue weighted by molar-refractivity contribution is -0.0456. The highest BCUT2D eigenvalue weighted by molar-refractivity contribution is 4.95. The van der Waals surface area contributed by atoms with Crippen molar-refractivity contribution in [2.45, 2.75) is 64.7 Å². The van der Waals surface area contributed by atoms with E-state index in [9.17, 15) is 5.11 Å². The minimum absolute atomic E-state index is 0.0121. The van der Waals surface area contributed by atoms with Crippen LogP contribution in [0.3, 0.4) is 0 Å².